The Hall–Kier alpha value is -2.07. The smallest absolute Gasteiger partial charge is 0.197 e. The van der Waals surface area contributed by atoms with Crippen molar-refractivity contribution in [2.75, 3.05) is 0 Å². The summed E-state index contributed by atoms with van der Waals surface area (Å²) in [7, 11) is 0. The van der Waals surface area contributed by atoms with Gasteiger partial charge in [0.15, 0.2) is 11.7 Å². The van der Waals surface area contributed by atoms with E-state index in [0.717, 1.165) is 22.2 Å². The van der Waals surface area contributed by atoms with Gasteiger partial charge >= 0.3 is 0 Å². The molecule has 1 aromatic carbocycles. The van der Waals surface area contributed by atoms with Crippen molar-refractivity contribution in [1.29, 1.82) is 0 Å². The van der Waals surface area contributed by atoms with E-state index < -0.39 is 5.60 Å². The van der Waals surface area contributed by atoms with Crippen LogP contribution in [-0.4, -0.2) is 20.7 Å². The number of H-pyrrole nitrogens is 1. The zero-order valence-electron chi connectivity index (χ0n) is 11.0. The van der Waals surface area contributed by atoms with Gasteiger partial charge in [0.1, 0.15) is 0 Å². The fraction of sp³-hybridized carbons (Fsp3) is 0.267. The number of benzene rings is 1. The monoisotopic (exact) mass is 256 g/mol. The minimum absolute atomic E-state index is 0.398. The third-order valence-electron chi connectivity index (χ3n) is 2.99. The predicted molar refractivity (Wildman–Crippen MR) is 73.8 cm³/mol. The molecular weight excluding hydrogens is 240 g/mol. The molecule has 0 saturated carbocycles. The van der Waals surface area contributed by atoms with Gasteiger partial charge in [0.2, 0.25) is 0 Å². The topological polar surface area (TPSA) is 62.1 Å². The lowest BCUT2D eigenvalue weighted by Gasteiger charge is -2.13. The number of rotatable bonds is 3. The summed E-state index contributed by atoms with van der Waals surface area (Å²) >= 11 is 0. The molecule has 0 bridgehead atoms. The first-order chi connectivity index (χ1) is 9.03. The zero-order chi connectivity index (χ0) is 13.5. The number of para-hydroxylation sites is 1. The third-order valence-corrected chi connectivity index (χ3v) is 2.99. The summed E-state index contributed by atoms with van der Waals surface area (Å²) in [6, 6.07) is 8.04. The molecule has 0 spiro atoms. The zero-order valence-corrected chi connectivity index (χ0v) is 11.0. The molecule has 0 atom stereocenters. The third kappa shape index (κ3) is 2.39. The Morgan fingerprint density at radius 3 is 2.89 bits per heavy atom. The quantitative estimate of drug-likeness (QED) is 0.756. The lowest BCUT2D eigenvalue weighted by Crippen LogP contribution is -2.21. The first kappa shape index (κ1) is 12.0. The van der Waals surface area contributed by atoms with Crippen molar-refractivity contribution in [3.63, 3.8) is 0 Å². The van der Waals surface area contributed by atoms with Crippen LogP contribution in [-0.2, 0) is 6.42 Å². The molecular formula is C15H16N2O2. The number of nitrogens with zero attached hydrogens (tertiary/aromatic N) is 1. The summed E-state index contributed by atoms with van der Waals surface area (Å²) in [6.07, 6.45) is 4.02. The number of aromatic amines is 1. The molecule has 0 fully saturated rings. The first-order valence-corrected chi connectivity index (χ1v) is 6.26. The van der Waals surface area contributed by atoms with Gasteiger partial charge in [-0.3, -0.25) is 0 Å². The van der Waals surface area contributed by atoms with Crippen molar-refractivity contribution < 1.29 is 9.52 Å². The van der Waals surface area contributed by atoms with Crippen molar-refractivity contribution in [3.8, 4) is 11.3 Å². The molecule has 0 aliphatic carbocycles. The molecule has 0 unspecified atom stereocenters. The van der Waals surface area contributed by atoms with Crippen LogP contribution in [0.25, 0.3) is 22.2 Å². The van der Waals surface area contributed by atoms with Gasteiger partial charge in [-0.25, -0.2) is 4.98 Å². The molecule has 3 rings (SSSR count). The molecule has 0 amide bonds. The number of nitrogens with one attached hydrogen (secondary N) is 1. The number of aliphatic hydroxyl groups is 1. The molecule has 0 aliphatic heterocycles. The van der Waals surface area contributed by atoms with E-state index in [4.69, 9.17) is 4.42 Å². The van der Waals surface area contributed by atoms with E-state index in [1.54, 1.807) is 20.0 Å². The number of oxazole rings is 1. The van der Waals surface area contributed by atoms with Crippen LogP contribution in [0.5, 0.6) is 0 Å². The lowest BCUT2D eigenvalue weighted by atomic mass is 10.1. The number of hydrogen-bond donors (Lipinski definition) is 2. The minimum atomic E-state index is -0.817. The Balaban J connectivity index is 1.99. The van der Waals surface area contributed by atoms with E-state index in [9.17, 15) is 5.11 Å². The van der Waals surface area contributed by atoms with Crippen molar-refractivity contribution in [2.45, 2.75) is 25.9 Å². The predicted octanol–water partition coefficient (Wildman–Crippen LogP) is 3.14. The normalized spacial score (nSPS) is 12.2. The highest BCUT2D eigenvalue weighted by molar-refractivity contribution is 5.93. The van der Waals surface area contributed by atoms with Gasteiger partial charge in [-0.2, -0.15) is 0 Å². The van der Waals surface area contributed by atoms with E-state index in [-0.39, 0.29) is 0 Å². The second-order valence-corrected chi connectivity index (χ2v) is 5.36. The van der Waals surface area contributed by atoms with Crippen molar-refractivity contribution in [3.05, 3.63) is 42.5 Å². The summed E-state index contributed by atoms with van der Waals surface area (Å²) in [5.41, 5.74) is 1.24. The van der Waals surface area contributed by atoms with E-state index >= 15 is 0 Å². The first-order valence-electron chi connectivity index (χ1n) is 6.26. The molecule has 0 radical (unpaired) electrons. The Bertz CT molecular complexity index is 704. The summed E-state index contributed by atoms with van der Waals surface area (Å²) < 4.78 is 5.72. The molecule has 0 aliphatic rings. The molecule has 3 aromatic rings. The number of fused-ring (bicyclic) bond motifs is 1. The van der Waals surface area contributed by atoms with E-state index in [1.807, 2.05) is 30.5 Å². The van der Waals surface area contributed by atoms with Crippen LogP contribution < -0.4 is 0 Å². The van der Waals surface area contributed by atoms with Crippen molar-refractivity contribution >= 4 is 10.9 Å². The maximum absolute atomic E-state index is 9.78. The van der Waals surface area contributed by atoms with Crippen LogP contribution in [0.1, 0.15) is 19.7 Å². The van der Waals surface area contributed by atoms with Crippen molar-refractivity contribution in [2.24, 2.45) is 0 Å². The average Bonchev–Trinajstić information content (AvgIpc) is 2.92. The Morgan fingerprint density at radius 1 is 1.32 bits per heavy atom. The van der Waals surface area contributed by atoms with Gasteiger partial charge < -0.3 is 14.5 Å². The number of hydrogen-bond acceptors (Lipinski definition) is 3. The summed E-state index contributed by atoms with van der Waals surface area (Å²) in [6.45, 7) is 3.48. The van der Waals surface area contributed by atoms with Gasteiger partial charge in [-0.05, 0) is 19.9 Å². The highest BCUT2D eigenvalue weighted by Crippen LogP contribution is 2.29. The molecule has 4 nitrogen and oxygen atoms in total. The van der Waals surface area contributed by atoms with Crippen molar-refractivity contribution in [1.82, 2.24) is 9.97 Å². The van der Waals surface area contributed by atoms with E-state index in [2.05, 4.69) is 9.97 Å². The van der Waals surface area contributed by atoms with E-state index in [1.165, 1.54) is 0 Å². The molecule has 2 aromatic heterocycles. The molecule has 4 heteroatoms. The van der Waals surface area contributed by atoms with Gasteiger partial charge in [0.05, 0.1) is 18.2 Å². The summed E-state index contributed by atoms with van der Waals surface area (Å²) in [5, 5.41) is 10.9. The fourth-order valence-corrected chi connectivity index (χ4v) is 2.16. The van der Waals surface area contributed by atoms with Crippen LogP contribution in [0.3, 0.4) is 0 Å². The number of aromatic nitrogens is 2. The summed E-state index contributed by atoms with van der Waals surface area (Å²) in [4.78, 5) is 7.43. The largest absolute Gasteiger partial charge is 0.441 e. The second-order valence-electron chi connectivity index (χ2n) is 5.36. The highest BCUT2D eigenvalue weighted by atomic mass is 16.4. The van der Waals surface area contributed by atoms with Crippen LogP contribution in [0.2, 0.25) is 0 Å². The molecule has 2 N–H and O–H groups in total. The average molecular weight is 256 g/mol. The van der Waals surface area contributed by atoms with E-state index in [0.29, 0.717) is 12.3 Å². The molecule has 0 saturated heterocycles. The Labute approximate surface area is 111 Å². The van der Waals surface area contributed by atoms with Gasteiger partial charge in [0.25, 0.3) is 0 Å². The second kappa shape index (κ2) is 4.24. The standard InChI is InChI=1S/C15H16N2O2/c1-15(2,18)7-14-17-9-13(19-14)11-8-16-12-6-4-3-5-10(11)12/h3-6,8-9,16,18H,7H2,1-2H3. The van der Waals surface area contributed by atoms with Crippen LogP contribution >= 0.6 is 0 Å². The van der Waals surface area contributed by atoms with Crippen LogP contribution in [0, 0.1) is 0 Å². The molecule has 2 heterocycles. The lowest BCUT2D eigenvalue weighted by molar-refractivity contribution is 0.0739. The Morgan fingerprint density at radius 2 is 2.11 bits per heavy atom. The molecule has 19 heavy (non-hydrogen) atoms. The van der Waals surface area contributed by atoms with Gasteiger partial charge in [-0.15, -0.1) is 0 Å². The van der Waals surface area contributed by atoms with Gasteiger partial charge in [0, 0.05) is 22.7 Å². The maximum Gasteiger partial charge on any atom is 0.197 e. The molecule has 98 valence electrons. The van der Waals surface area contributed by atoms with Crippen LogP contribution in [0.15, 0.2) is 41.1 Å². The minimum Gasteiger partial charge on any atom is -0.441 e. The highest BCUT2D eigenvalue weighted by Gasteiger charge is 2.18. The summed E-state index contributed by atoms with van der Waals surface area (Å²) in [5.74, 6) is 1.27. The SMILES string of the molecule is CC(C)(O)Cc1ncc(-c2c[nH]c3ccccc23)o1. The van der Waals surface area contributed by atoms with Crippen LogP contribution in [0.4, 0.5) is 0 Å². The maximum atomic E-state index is 9.78. The Kier molecular flexibility index (Phi) is 2.68. The van der Waals surface area contributed by atoms with Gasteiger partial charge in [-0.1, -0.05) is 18.2 Å². The fourth-order valence-electron chi connectivity index (χ4n) is 2.16.